The Balaban J connectivity index is 2.29. The van der Waals surface area contributed by atoms with Crippen molar-refractivity contribution in [1.82, 2.24) is 0 Å². The fourth-order valence-electron chi connectivity index (χ4n) is 3.30. The molecule has 0 radical (unpaired) electrons. The van der Waals surface area contributed by atoms with Crippen LogP contribution in [-0.2, 0) is 12.8 Å². The maximum Gasteiger partial charge on any atom is 0.238 e. The molecule has 2 aromatic carbocycles. The first-order chi connectivity index (χ1) is 14.6. The number of fused-ring (bicyclic) bond motifs is 1. The van der Waals surface area contributed by atoms with Crippen LogP contribution in [0.5, 0.6) is 23.0 Å². The maximum absolute atomic E-state index is 12.7. The molecular formula is C25H26O6. The van der Waals surface area contributed by atoms with Crippen molar-refractivity contribution in [2.45, 2.75) is 40.5 Å². The van der Waals surface area contributed by atoms with Crippen LogP contribution in [0.2, 0.25) is 0 Å². The van der Waals surface area contributed by atoms with Gasteiger partial charge in [-0.05, 0) is 63.8 Å². The Bertz CT molecular complexity index is 1230. The standard InChI is InChI=1S/C25H26O6/c1-13(2)5-7-15-9-17(10-16(22(15)28)8-6-14(3)4)25-24(30)23(29)21-19(27)11-18(26)12-20(21)31-25/h5-6,9-12,26-28,30H,7-8H2,1-4H3. The van der Waals surface area contributed by atoms with Gasteiger partial charge in [0.2, 0.25) is 11.2 Å². The minimum atomic E-state index is -0.807. The zero-order valence-corrected chi connectivity index (χ0v) is 18.0. The average Bonchev–Trinajstić information content (AvgIpc) is 2.68. The van der Waals surface area contributed by atoms with Crippen LogP contribution in [0.25, 0.3) is 22.3 Å². The summed E-state index contributed by atoms with van der Waals surface area (Å²) in [6.45, 7) is 7.83. The monoisotopic (exact) mass is 422 g/mol. The summed E-state index contributed by atoms with van der Waals surface area (Å²) in [4.78, 5) is 12.7. The Kier molecular flexibility index (Phi) is 6.11. The molecule has 0 fully saturated rings. The second-order valence-corrected chi connectivity index (χ2v) is 8.06. The van der Waals surface area contributed by atoms with E-state index in [4.69, 9.17) is 4.42 Å². The smallest absolute Gasteiger partial charge is 0.238 e. The Morgan fingerprint density at radius 3 is 1.90 bits per heavy atom. The highest BCUT2D eigenvalue weighted by atomic mass is 16.4. The molecule has 6 nitrogen and oxygen atoms in total. The van der Waals surface area contributed by atoms with Crippen LogP contribution in [0.1, 0.15) is 38.8 Å². The van der Waals surface area contributed by atoms with Crippen LogP contribution < -0.4 is 5.43 Å². The molecule has 0 aliphatic carbocycles. The van der Waals surface area contributed by atoms with E-state index in [1.807, 2.05) is 39.8 Å². The minimum absolute atomic E-state index is 0.0555. The molecule has 0 spiro atoms. The predicted octanol–water partition coefficient (Wildman–Crippen LogP) is 5.30. The van der Waals surface area contributed by atoms with Crippen molar-refractivity contribution in [1.29, 1.82) is 0 Å². The lowest BCUT2D eigenvalue weighted by Gasteiger charge is -2.13. The second-order valence-electron chi connectivity index (χ2n) is 8.06. The van der Waals surface area contributed by atoms with E-state index < -0.39 is 16.9 Å². The first-order valence-corrected chi connectivity index (χ1v) is 9.92. The normalized spacial score (nSPS) is 10.8. The third-order valence-electron chi connectivity index (χ3n) is 4.93. The maximum atomic E-state index is 12.7. The van der Waals surface area contributed by atoms with E-state index >= 15 is 0 Å². The van der Waals surface area contributed by atoms with Crippen molar-refractivity contribution in [2.75, 3.05) is 0 Å². The van der Waals surface area contributed by atoms with Gasteiger partial charge in [-0.1, -0.05) is 23.3 Å². The zero-order chi connectivity index (χ0) is 22.9. The summed E-state index contributed by atoms with van der Waals surface area (Å²) in [7, 11) is 0. The Hall–Kier alpha value is -3.67. The number of allylic oxidation sites excluding steroid dienone is 4. The highest BCUT2D eigenvalue weighted by Gasteiger charge is 2.20. The number of hydrogen-bond donors (Lipinski definition) is 4. The number of rotatable bonds is 5. The van der Waals surface area contributed by atoms with E-state index in [1.54, 1.807) is 12.1 Å². The number of hydrogen-bond acceptors (Lipinski definition) is 6. The molecule has 3 rings (SSSR count). The summed E-state index contributed by atoms with van der Waals surface area (Å²) >= 11 is 0. The van der Waals surface area contributed by atoms with Crippen molar-refractivity contribution in [3.63, 3.8) is 0 Å². The highest BCUT2D eigenvalue weighted by molar-refractivity contribution is 5.88. The number of phenols is 3. The van der Waals surface area contributed by atoms with Crippen molar-refractivity contribution in [3.8, 4) is 34.3 Å². The lowest BCUT2D eigenvalue weighted by atomic mass is 9.96. The fraction of sp³-hybridized carbons (Fsp3) is 0.240. The number of aromatic hydroxyl groups is 4. The molecule has 0 saturated carbocycles. The quantitative estimate of drug-likeness (QED) is 0.415. The zero-order valence-electron chi connectivity index (χ0n) is 18.0. The number of phenolic OH excluding ortho intramolecular Hbond substituents is 3. The van der Waals surface area contributed by atoms with Gasteiger partial charge in [-0.3, -0.25) is 4.79 Å². The van der Waals surface area contributed by atoms with Crippen LogP contribution in [-0.4, -0.2) is 20.4 Å². The molecule has 31 heavy (non-hydrogen) atoms. The van der Waals surface area contributed by atoms with Gasteiger partial charge in [0.05, 0.1) is 0 Å². The van der Waals surface area contributed by atoms with E-state index in [2.05, 4.69) is 0 Å². The molecule has 0 aliphatic rings. The summed E-state index contributed by atoms with van der Waals surface area (Å²) in [6.07, 6.45) is 4.86. The Labute approximate surface area is 180 Å². The molecule has 4 N–H and O–H groups in total. The average molecular weight is 422 g/mol. The number of benzene rings is 2. The molecule has 0 unspecified atom stereocenters. The van der Waals surface area contributed by atoms with Crippen LogP contribution >= 0.6 is 0 Å². The minimum Gasteiger partial charge on any atom is -0.508 e. The molecule has 6 heteroatoms. The molecule has 0 bridgehead atoms. The Morgan fingerprint density at radius 1 is 0.839 bits per heavy atom. The van der Waals surface area contributed by atoms with E-state index in [0.29, 0.717) is 29.5 Å². The van der Waals surface area contributed by atoms with Gasteiger partial charge in [0.1, 0.15) is 28.2 Å². The molecule has 1 aromatic heterocycles. The van der Waals surface area contributed by atoms with Gasteiger partial charge < -0.3 is 24.8 Å². The summed E-state index contributed by atoms with van der Waals surface area (Å²) in [5.41, 5.74) is 2.96. The third kappa shape index (κ3) is 4.58. The van der Waals surface area contributed by atoms with Gasteiger partial charge >= 0.3 is 0 Å². The molecule has 0 atom stereocenters. The van der Waals surface area contributed by atoms with Crippen molar-refractivity contribution >= 4 is 11.0 Å². The summed E-state index contributed by atoms with van der Waals surface area (Å²) in [6, 6.07) is 5.53. The molecule has 3 aromatic rings. The topological polar surface area (TPSA) is 111 Å². The first kappa shape index (κ1) is 22.0. The van der Waals surface area contributed by atoms with Crippen molar-refractivity contribution in [2.24, 2.45) is 0 Å². The molecule has 0 aliphatic heterocycles. The summed E-state index contributed by atoms with van der Waals surface area (Å²) < 4.78 is 5.74. The van der Waals surface area contributed by atoms with Gasteiger partial charge in [-0.25, -0.2) is 0 Å². The summed E-state index contributed by atoms with van der Waals surface area (Å²) in [5, 5.41) is 40.9. The van der Waals surface area contributed by atoms with Crippen molar-refractivity contribution < 1.29 is 24.8 Å². The molecule has 0 amide bonds. The lowest BCUT2D eigenvalue weighted by molar-refractivity contribution is 0.438. The summed E-state index contributed by atoms with van der Waals surface area (Å²) in [5.74, 6) is -1.36. The molecule has 1 heterocycles. The van der Waals surface area contributed by atoms with Crippen LogP contribution in [0.3, 0.4) is 0 Å². The highest BCUT2D eigenvalue weighted by Crippen LogP contribution is 2.38. The first-order valence-electron chi connectivity index (χ1n) is 9.92. The van der Waals surface area contributed by atoms with E-state index in [0.717, 1.165) is 17.2 Å². The molecule has 0 saturated heterocycles. The van der Waals surface area contributed by atoms with Crippen LogP contribution in [0.15, 0.2) is 56.8 Å². The van der Waals surface area contributed by atoms with Gasteiger partial charge in [-0.15, -0.1) is 0 Å². The Morgan fingerprint density at radius 2 is 1.39 bits per heavy atom. The van der Waals surface area contributed by atoms with Crippen molar-refractivity contribution in [3.05, 3.63) is 68.9 Å². The van der Waals surface area contributed by atoms with Gasteiger partial charge in [-0.2, -0.15) is 0 Å². The largest absolute Gasteiger partial charge is 0.508 e. The van der Waals surface area contributed by atoms with E-state index in [-0.39, 0.29) is 28.2 Å². The van der Waals surface area contributed by atoms with Crippen LogP contribution in [0, 0.1) is 0 Å². The van der Waals surface area contributed by atoms with E-state index in [1.165, 1.54) is 6.07 Å². The van der Waals surface area contributed by atoms with Gasteiger partial charge in [0.15, 0.2) is 5.76 Å². The third-order valence-corrected chi connectivity index (χ3v) is 4.93. The van der Waals surface area contributed by atoms with Crippen LogP contribution in [0.4, 0.5) is 0 Å². The SMILES string of the molecule is CC(C)=CCc1cc(-c2oc3cc(O)cc(O)c3c(=O)c2O)cc(CC=C(C)C)c1O. The molecular weight excluding hydrogens is 396 g/mol. The van der Waals surface area contributed by atoms with Gasteiger partial charge in [0.25, 0.3) is 0 Å². The fourth-order valence-corrected chi connectivity index (χ4v) is 3.30. The van der Waals surface area contributed by atoms with Gasteiger partial charge in [0, 0.05) is 17.7 Å². The molecule has 162 valence electrons. The predicted molar refractivity (Wildman–Crippen MR) is 121 cm³/mol. The second kappa shape index (κ2) is 8.60. The lowest BCUT2D eigenvalue weighted by Crippen LogP contribution is -2.03. The van der Waals surface area contributed by atoms with E-state index in [9.17, 15) is 25.2 Å².